The number of halogens is 2. The molecular weight excluding hydrogens is 383 g/mol. The second-order valence-electron chi connectivity index (χ2n) is 5.39. The Bertz CT molecular complexity index is 789. The van der Waals surface area contributed by atoms with Gasteiger partial charge in [-0.15, -0.1) is 0 Å². The summed E-state index contributed by atoms with van der Waals surface area (Å²) in [6, 6.07) is 9.67. The first-order chi connectivity index (χ1) is 11.8. The van der Waals surface area contributed by atoms with Gasteiger partial charge in [-0.3, -0.25) is 10.1 Å². The highest BCUT2D eigenvalue weighted by Crippen LogP contribution is 2.34. The van der Waals surface area contributed by atoms with Gasteiger partial charge in [0.15, 0.2) is 10.9 Å². The Morgan fingerprint density at radius 1 is 1.20 bits per heavy atom. The maximum Gasteiger partial charge on any atom is 0.257 e. The lowest BCUT2D eigenvalue weighted by atomic mass is 10.2. The number of phenols is 1. The van der Waals surface area contributed by atoms with Gasteiger partial charge in [0.25, 0.3) is 5.91 Å². The van der Waals surface area contributed by atoms with Gasteiger partial charge in [-0.2, -0.15) is 0 Å². The molecule has 0 radical (unpaired) electrons. The number of carbonyl (C=O) groups is 1. The highest BCUT2D eigenvalue weighted by Gasteiger charge is 2.11. The van der Waals surface area contributed by atoms with Crippen LogP contribution in [0.15, 0.2) is 36.4 Å². The summed E-state index contributed by atoms with van der Waals surface area (Å²) < 4.78 is 5.56. The van der Waals surface area contributed by atoms with Crippen molar-refractivity contribution >= 4 is 52.1 Å². The van der Waals surface area contributed by atoms with Crippen molar-refractivity contribution in [2.45, 2.75) is 20.0 Å². The third kappa shape index (κ3) is 5.49. The molecule has 0 saturated carbocycles. The summed E-state index contributed by atoms with van der Waals surface area (Å²) in [7, 11) is 0. The van der Waals surface area contributed by atoms with Crippen molar-refractivity contribution < 1.29 is 14.6 Å². The Hall–Kier alpha value is -2.02. The summed E-state index contributed by atoms with van der Waals surface area (Å²) in [5, 5.41) is 15.1. The number of amides is 1. The molecule has 0 atom stereocenters. The molecule has 2 aromatic carbocycles. The number of anilines is 1. The summed E-state index contributed by atoms with van der Waals surface area (Å²) in [6.45, 7) is 3.80. The van der Waals surface area contributed by atoms with E-state index in [-0.39, 0.29) is 32.9 Å². The minimum Gasteiger partial charge on any atom is -0.505 e. The maximum atomic E-state index is 12.3. The van der Waals surface area contributed by atoms with Gasteiger partial charge in [0.05, 0.1) is 16.1 Å². The summed E-state index contributed by atoms with van der Waals surface area (Å²) in [6.07, 6.45) is 0.00467. The van der Waals surface area contributed by atoms with Crippen LogP contribution in [0, 0.1) is 0 Å². The molecule has 3 N–H and O–H groups in total. The van der Waals surface area contributed by atoms with Crippen molar-refractivity contribution in [1.82, 2.24) is 5.32 Å². The molecule has 0 heterocycles. The quantitative estimate of drug-likeness (QED) is 0.517. The highest BCUT2D eigenvalue weighted by atomic mass is 35.5. The van der Waals surface area contributed by atoms with Crippen LogP contribution in [-0.4, -0.2) is 22.2 Å². The van der Waals surface area contributed by atoms with E-state index in [9.17, 15) is 9.90 Å². The fourth-order valence-electron chi connectivity index (χ4n) is 1.96. The van der Waals surface area contributed by atoms with Crippen molar-refractivity contribution in [3.05, 3.63) is 52.0 Å². The van der Waals surface area contributed by atoms with Crippen LogP contribution in [0.5, 0.6) is 11.5 Å². The van der Waals surface area contributed by atoms with E-state index >= 15 is 0 Å². The molecule has 2 rings (SSSR count). The second kappa shape index (κ2) is 8.38. The fourth-order valence-corrected chi connectivity index (χ4v) is 2.66. The Morgan fingerprint density at radius 3 is 2.44 bits per heavy atom. The lowest BCUT2D eigenvalue weighted by Crippen LogP contribution is -2.34. The van der Waals surface area contributed by atoms with Gasteiger partial charge in [0.1, 0.15) is 5.75 Å². The number of phenolic OH excluding ortho intramolecular Hbond substituents is 1. The molecule has 0 spiro atoms. The van der Waals surface area contributed by atoms with Crippen LogP contribution < -0.4 is 15.4 Å². The third-order valence-corrected chi connectivity index (χ3v) is 3.75. The average molecular weight is 399 g/mol. The predicted molar refractivity (Wildman–Crippen MR) is 104 cm³/mol. The molecule has 0 aromatic heterocycles. The number of hydrogen-bond donors (Lipinski definition) is 3. The van der Waals surface area contributed by atoms with Gasteiger partial charge in [-0.05, 0) is 56.4 Å². The Morgan fingerprint density at radius 2 is 1.84 bits per heavy atom. The first-order valence-electron chi connectivity index (χ1n) is 7.33. The number of aromatic hydroxyl groups is 1. The monoisotopic (exact) mass is 398 g/mol. The second-order valence-corrected chi connectivity index (χ2v) is 6.61. The van der Waals surface area contributed by atoms with Crippen LogP contribution >= 0.6 is 35.4 Å². The lowest BCUT2D eigenvalue weighted by molar-refractivity contribution is 0.0977. The molecule has 0 aliphatic carbocycles. The van der Waals surface area contributed by atoms with Gasteiger partial charge < -0.3 is 15.2 Å². The fraction of sp³-hybridized carbons (Fsp3) is 0.176. The van der Waals surface area contributed by atoms with Crippen LogP contribution in [-0.2, 0) is 0 Å². The first kappa shape index (κ1) is 19.3. The summed E-state index contributed by atoms with van der Waals surface area (Å²) in [5.41, 5.74) is 0.846. The van der Waals surface area contributed by atoms with Crippen LogP contribution in [0.2, 0.25) is 10.0 Å². The van der Waals surface area contributed by atoms with E-state index in [2.05, 4.69) is 10.6 Å². The number of carbonyl (C=O) groups excluding carboxylic acids is 1. The highest BCUT2D eigenvalue weighted by molar-refractivity contribution is 7.80. The molecular formula is C17H16Cl2N2O3S. The van der Waals surface area contributed by atoms with Crippen molar-refractivity contribution in [3.8, 4) is 11.5 Å². The molecule has 0 saturated heterocycles. The summed E-state index contributed by atoms with van der Waals surface area (Å²) >= 11 is 16.8. The van der Waals surface area contributed by atoms with Crippen molar-refractivity contribution in [2.24, 2.45) is 0 Å². The Kier molecular flexibility index (Phi) is 6.47. The number of hydrogen-bond acceptors (Lipinski definition) is 4. The molecule has 132 valence electrons. The normalized spacial score (nSPS) is 10.4. The number of thiocarbonyl (C=S) groups is 1. The van der Waals surface area contributed by atoms with Gasteiger partial charge in [0, 0.05) is 11.3 Å². The zero-order valence-corrected chi connectivity index (χ0v) is 15.8. The van der Waals surface area contributed by atoms with Crippen molar-refractivity contribution in [1.29, 1.82) is 0 Å². The Labute approximate surface area is 160 Å². The maximum absolute atomic E-state index is 12.3. The molecule has 8 heteroatoms. The average Bonchev–Trinajstić information content (AvgIpc) is 2.52. The number of benzene rings is 2. The molecule has 0 fully saturated rings. The van der Waals surface area contributed by atoms with Crippen molar-refractivity contribution in [2.75, 3.05) is 5.32 Å². The smallest absolute Gasteiger partial charge is 0.257 e. The summed E-state index contributed by atoms with van der Waals surface area (Å²) in [5.74, 6) is -0.00731. The first-order valence-corrected chi connectivity index (χ1v) is 8.49. The topological polar surface area (TPSA) is 70.6 Å². The van der Waals surface area contributed by atoms with E-state index in [0.717, 1.165) is 0 Å². The third-order valence-electron chi connectivity index (χ3n) is 2.97. The minimum absolute atomic E-state index is 0.00467. The predicted octanol–water partition coefficient (Wildman–Crippen LogP) is 4.61. The zero-order valence-electron chi connectivity index (χ0n) is 13.5. The van der Waals surface area contributed by atoms with Crippen LogP contribution in [0.1, 0.15) is 24.2 Å². The van der Waals surface area contributed by atoms with Crippen LogP contribution in [0.3, 0.4) is 0 Å². The van der Waals surface area contributed by atoms with Gasteiger partial charge >= 0.3 is 0 Å². The molecule has 2 aromatic rings. The van der Waals surface area contributed by atoms with E-state index in [0.29, 0.717) is 17.0 Å². The number of ether oxygens (including phenoxy) is 1. The largest absolute Gasteiger partial charge is 0.505 e. The van der Waals surface area contributed by atoms with E-state index in [1.54, 1.807) is 24.3 Å². The SMILES string of the molecule is CC(C)Oc1cccc(C(=O)NC(=S)Nc2cc(Cl)c(O)c(Cl)c2)c1. The van der Waals surface area contributed by atoms with E-state index in [1.807, 2.05) is 13.8 Å². The number of nitrogens with one attached hydrogen (secondary N) is 2. The van der Waals surface area contributed by atoms with Gasteiger partial charge in [0.2, 0.25) is 0 Å². The standard InChI is InChI=1S/C17H16Cl2N2O3S/c1-9(2)24-12-5-3-4-10(6-12)16(23)21-17(25)20-11-7-13(18)15(22)14(19)8-11/h3-9,22H,1-2H3,(H2,20,21,23,25). The minimum atomic E-state index is -0.386. The van der Waals surface area contributed by atoms with Crippen LogP contribution in [0.25, 0.3) is 0 Å². The zero-order chi connectivity index (χ0) is 18.6. The Balaban J connectivity index is 2.04. The molecule has 0 unspecified atom stereocenters. The van der Waals surface area contributed by atoms with Gasteiger partial charge in [-0.1, -0.05) is 29.3 Å². The molecule has 5 nitrogen and oxygen atoms in total. The van der Waals surface area contributed by atoms with E-state index < -0.39 is 0 Å². The lowest BCUT2D eigenvalue weighted by Gasteiger charge is -2.13. The molecule has 0 bridgehead atoms. The van der Waals surface area contributed by atoms with E-state index in [1.165, 1.54) is 12.1 Å². The summed E-state index contributed by atoms with van der Waals surface area (Å²) in [4.78, 5) is 12.3. The molecule has 25 heavy (non-hydrogen) atoms. The molecule has 1 amide bonds. The molecule has 0 aliphatic rings. The molecule has 0 aliphatic heterocycles. The van der Waals surface area contributed by atoms with Crippen LogP contribution in [0.4, 0.5) is 5.69 Å². The van der Waals surface area contributed by atoms with Crippen molar-refractivity contribution in [3.63, 3.8) is 0 Å². The van der Waals surface area contributed by atoms with E-state index in [4.69, 9.17) is 40.2 Å². The van der Waals surface area contributed by atoms with Gasteiger partial charge in [-0.25, -0.2) is 0 Å². The number of rotatable bonds is 4.